The molecule has 0 aliphatic heterocycles. The third kappa shape index (κ3) is 1.78. The van der Waals surface area contributed by atoms with E-state index in [4.69, 9.17) is 23.2 Å². The second kappa shape index (κ2) is 4.30. The molecule has 4 heteroatoms. The predicted octanol–water partition coefficient (Wildman–Crippen LogP) is 4.62. The van der Waals surface area contributed by atoms with Crippen LogP contribution in [0.4, 0.5) is 0 Å². The van der Waals surface area contributed by atoms with E-state index in [1.807, 2.05) is 30.5 Å². The van der Waals surface area contributed by atoms with Gasteiger partial charge in [-0.2, -0.15) is 0 Å². The highest BCUT2D eigenvalue weighted by molar-refractivity contribution is 6.42. The molecule has 0 atom stereocenters. The van der Waals surface area contributed by atoms with Gasteiger partial charge < -0.3 is 0 Å². The van der Waals surface area contributed by atoms with E-state index < -0.39 is 0 Å². The number of rotatable bonds is 1. The van der Waals surface area contributed by atoms with Crippen molar-refractivity contribution in [3.05, 3.63) is 58.3 Å². The Kier molecular flexibility index (Phi) is 2.77. The Morgan fingerprint density at radius 1 is 1.06 bits per heavy atom. The lowest BCUT2D eigenvalue weighted by atomic mass is 10.1. The zero-order chi connectivity index (χ0) is 12.7. The van der Waals surface area contributed by atoms with Gasteiger partial charge in [0, 0.05) is 11.3 Å². The topological polar surface area (TPSA) is 17.3 Å². The first-order chi connectivity index (χ1) is 8.66. The maximum absolute atomic E-state index is 6.06. The molecule has 2 aromatic heterocycles. The van der Waals surface area contributed by atoms with Crippen LogP contribution in [0.5, 0.6) is 0 Å². The summed E-state index contributed by atoms with van der Waals surface area (Å²) in [6.45, 7) is 2.05. The van der Waals surface area contributed by atoms with Crippen molar-refractivity contribution in [2.75, 3.05) is 0 Å². The van der Waals surface area contributed by atoms with Crippen LogP contribution in [-0.4, -0.2) is 9.38 Å². The Bertz CT molecular complexity index is 732. The molecule has 0 saturated heterocycles. The first-order valence-electron chi connectivity index (χ1n) is 5.55. The van der Waals surface area contributed by atoms with Crippen LogP contribution in [0.3, 0.4) is 0 Å². The van der Waals surface area contributed by atoms with E-state index in [0.29, 0.717) is 10.0 Å². The van der Waals surface area contributed by atoms with Gasteiger partial charge in [0.05, 0.1) is 21.9 Å². The molecule has 2 nitrogen and oxygen atoms in total. The van der Waals surface area contributed by atoms with Gasteiger partial charge in [-0.05, 0) is 31.2 Å². The second-order valence-corrected chi connectivity index (χ2v) is 4.95. The third-order valence-corrected chi connectivity index (χ3v) is 3.68. The summed E-state index contributed by atoms with van der Waals surface area (Å²) < 4.78 is 2.10. The van der Waals surface area contributed by atoms with Crippen molar-refractivity contribution in [3.63, 3.8) is 0 Å². The summed E-state index contributed by atoms with van der Waals surface area (Å²) in [5.41, 5.74) is 4.08. The molecule has 18 heavy (non-hydrogen) atoms. The average Bonchev–Trinajstić information content (AvgIpc) is 2.78. The Morgan fingerprint density at radius 2 is 1.89 bits per heavy atom. The molecule has 0 saturated carbocycles. The largest absolute Gasteiger partial charge is 0.297 e. The van der Waals surface area contributed by atoms with Crippen molar-refractivity contribution >= 4 is 28.8 Å². The van der Waals surface area contributed by atoms with E-state index >= 15 is 0 Å². The van der Waals surface area contributed by atoms with Crippen molar-refractivity contribution in [2.45, 2.75) is 6.92 Å². The van der Waals surface area contributed by atoms with E-state index in [0.717, 1.165) is 22.6 Å². The molecule has 2 heterocycles. The maximum atomic E-state index is 6.06. The summed E-state index contributed by atoms with van der Waals surface area (Å²) in [5, 5.41) is 1.11. The van der Waals surface area contributed by atoms with Crippen molar-refractivity contribution in [3.8, 4) is 11.3 Å². The van der Waals surface area contributed by atoms with Gasteiger partial charge in [-0.1, -0.05) is 35.3 Å². The van der Waals surface area contributed by atoms with E-state index in [9.17, 15) is 0 Å². The van der Waals surface area contributed by atoms with E-state index in [-0.39, 0.29) is 0 Å². The van der Waals surface area contributed by atoms with E-state index in [1.165, 1.54) is 0 Å². The van der Waals surface area contributed by atoms with Gasteiger partial charge >= 0.3 is 0 Å². The molecular weight excluding hydrogens is 267 g/mol. The summed E-state index contributed by atoms with van der Waals surface area (Å²) in [5.74, 6) is 0. The first-order valence-corrected chi connectivity index (χ1v) is 6.31. The Labute approximate surface area is 115 Å². The van der Waals surface area contributed by atoms with Crippen LogP contribution >= 0.6 is 23.2 Å². The molecule has 0 N–H and O–H groups in total. The number of hydrogen-bond acceptors (Lipinski definition) is 1. The van der Waals surface area contributed by atoms with Crippen LogP contribution in [0.25, 0.3) is 16.9 Å². The molecule has 0 spiro atoms. The normalized spacial score (nSPS) is 11.1. The van der Waals surface area contributed by atoms with Crippen LogP contribution in [0.2, 0.25) is 10.0 Å². The molecule has 3 aromatic rings. The highest BCUT2D eigenvalue weighted by Gasteiger charge is 2.08. The predicted molar refractivity (Wildman–Crippen MR) is 75.4 cm³/mol. The zero-order valence-corrected chi connectivity index (χ0v) is 11.2. The average molecular weight is 277 g/mol. The van der Waals surface area contributed by atoms with Crippen LogP contribution in [0.1, 0.15) is 5.69 Å². The number of aryl methyl sites for hydroxylation is 1. The van der Waals surface area contributed by atoms with E-state index in [2.05, 4.69) is 22.4 Å². The molecule has 0 bridgehead atoms. The van der Waals surface area contributed by atoms with E-state index in [1.54, 1.807) is 6.07 Å². The minimum Gasteiger partial charge on any atom is -0.297 e. The number of fused-ring (bicyclic) bond motifs is 1. The number of halogens is 2. The van der Waals surface area contributed by atoms with Gasteiger partial charge in [0.15, 0.2) is 0 Å². The van der Waals surface area contributed by atoms with Gasteiger partial charge in [0.1, 0.15) is 5.65 Å². The molecule has 0 fully saturated rings. The number of benzene rings is 1. The lowest BCUT2D eigenvalue weighted by Crippen LogP contribution is -1.92. The molecule has 1 aromatic carbocycles. The SMILES string of the molecule is Cc1cccc2ncc(-c3ccc(Cl)c(Cl)c3)n12. The van der Waals surface area contributed by atoms with Gasteiger partial charge in [-0.3, -0.25) is 4.40 Å². The van der Waals surface area contributed by atoms with Crippen LogP contribution in [0, 0.1) is 6.92 Å². The first kappa shape index (κ1) is 11.6. The van der Waals surface area contributed by atoms with Crippen molar-refractivity contribution < 1.29 is 0 Å². The molecule has 3 rings (SSSR count). The quantitative estimate of drug-likeness (QED) is 0.634. The summed E-state index contributed by atoms with van der Waals surface area (Å²) in [4.78, 5) is 4.39. The summed E-state index contributed by atoms with van der Waals surface area (Å²) in [7, 11) is 0. The number of imidazole rings is 1. The van der Waals surface area contributed by atoms with Gasteiger partial charge in [0.2, 0.25) is 0 Å². The summed E-state index contributed by atoms with van der Waals surface area (Å²) in [6, 6.07) is 11.6. The Morgan fingerprint density at radius 3 is 2.67 bits per heavy atom. The number of aromatic nitrogens is 2. The summed E-state index contributed by atoms with van der Waals surface area (Å²) >= 11 is 12.0. The van der Waals surface area contributed by atoms with Crippen LogP contribution < -0.4 is 0 Å². The molecule has 0 amide bonds. The molecule has 90 valence electrons. The van der Waals surface area contributed by atoms with Gasteiger partial charge in [-0.25, -0.2) is 4.98 Å². The van der Waals surface area contributed by atoms with Crippen molar-refractivity contribution in [1.29, 1.82) is 0 Å². The highest BCUT2D eigenvalue weighted by atomic mass is 35.5. The fourth-order valence-electron chi connectivity index (χ4n) is 2.06. The Hall–Kier alpha value is -1.51. The van der Waals surface area contributed by atoms with Gasteiger partial charge in [0.25, 0.3) is 0 Å². The minimum absolute atomic E-state index is 0.553. The fourth-order valence-corrected chi connectivity index (χ4v) is 2.36. The van der Waals surface area contributed by atoms with Gasteiger partial charge in [-0.15, -0.1) is 0 Å². The zero-order valence-electron chi connectivity index (χ0n) is 9.69. The number of nitrogens with zero attached hydrogens (tertiary/aromatic N) is 2. The maximum Gasteiger partial charge on any atom is 0.137 e. The molecule has 0 unspecified atom stereocenters. The summed E-state index contributed by atoms with van der Waals surface area (Å²) in [6.07, 6.45) is 1.85. The molecule has 0 aliphatic rings. The van der Waals surface area contributed by atoms with Crippen molar-refractivity contribution in [2.24, 2.45) is 0 Å². The molecule has 0 aliphatic carbocycles. The Balaban J connectivity index is 2.28. The second-order valence-electron chi connectivity index (χ2n) is 4.13. The highest BCUT2D eigenvalue weighted by Crippen LogP contribution is 2.29. The number of pyridine rings is 1. The lowest BCUT2D eigenvalue weighted by molar-refractivity contribution is 1.10. The third-order valence-electron chi connectivity index (χ3n) is 2.94. The molecule has 0 radical (unpaired) electrons. The standard InChI is InChI=1S/C14H10Cl2N2/c1-9-3-2-4-14-17-8-13(18(9)14)10-5-6-11(15)12(16)7-10/h2-8H,1H3. The van der Waals surface area contributed by atoms with Crippen molar-refractivity contribution in [1.82, 2.24) is 9.38 Å². The monoisotopic (exact) mass is 276 g/mol. The number of hydrogen-bond donors (Lipinski definition) is 0. The van der Waals surface area contributed by atoms with Crippen LogP contribution in [0.15, 0.2) is 42.6 Å². The fraction of sp³-hybridized carbons (Fsp3) is 0.0714. The smallest absolute Gasteiger partial charge is 0.137 e. The van der Waals surface area contributed by atoms with Crippen LogP contribution in [-0.2, 0) is 0 Å². The molecular formula is C14H10Cl2N2. The lowest BCUT2D eigenvalue weighted by Gasteiger charge is -2.06. The minimum atomic E-state index is 0.553.